The van der Waals surface area contributed by atoms with Gasteiger partial charge in [0.1, 0.15) is 0 Å². The van der Waals surface area contributed by atoms with Gasteiger partial charge in [0.05, 0.1) is 7.11 Å². The Bertz CT molecular complexity index is 417. The molecule has 0 saturated heterocycles. The molecule has 0 fully saturated rings. The van der Waals surface area contributed by atoms with Crippen LogP contribution in [0.2, 0.25) is 0 Å². The first kappa shape index (κ1) is 11.1. The average molecular weight is 220 g/mol. The third-order valence-electron chi connectivity index (χ3n) is 3.77. The normalized spacial score (nSPS) is 34.1. The van der Waals surface area contributed by atoms with Crippen molar-refractivity contribution in [1.82, 2.24) is 0 Å². The molecule has 0 spiro atoms. The maximum Gasteiger partial charge on any atom is 0.201 e. The summed E-state index contributed by atoms with van der Waals surface area (Å²) in [6.07, 6.45) is 4.74. The van der Waals surface area contributed by atoms with Crippen LogP contribution in [0.25, 0.3) is 0 Å². The topological polar surface area (TPSA) is 43.4 Å². The van der Waals surface area contributed by atoms with Gasteiger partial charge in [-0.15, -0.1) is 0 Å². The largest absolute Gasteiger partial charge is 0.493 e. The summed E-state index contributed by atoms with van der Waals surface area (Å²) in [5.74, 6) is -0.0538. The van der Waals surface area contributed by atoms with Crippen LogP contribution in [-0.4, -0.2) is 18.7 Å². The monoisotopic (exact) mass is 220 g/mol. The Balaban J connectivity index is 2.46. The first-order chi connectivity index (χ1) is 7.49. The lowest BCUT2D eigenvalue weighted by Crippen LogP contribution is -2.45. The van der Waals surface area contributed by atoms with Gasteiger partial charge in [-0.3, -0.25) is 9.59 Å². The molecule has 86 valence electrons. The highest BCUT2D eigenvalue weighted by molar-refractivity contribution is 6.11. The van der Waals surface area contributed by atoms with Crippen molar-refractivity contribution in [3.8, 4) is 0 Å². The minimum absolute atomic E-state index is 0.0118. The van der Waals surface area contributed by atoms with Crippen LogP contribution in [0, 0.1) is 11.3 Å². The van der Waals surface area contributed by atoms with Crippen LogP contribution in [0.3, 0.4) is 0 Å². The molecule has 0 amide bonds. The number of carbonyl (C=O) groups excluding carboxylic acids is 2. The number of rotatable bonds is 1. The predicted molar refractivity (Wildman–Crippen MR) is 59.7 cm³/mol. The number of carbonyl (C=O) groups is 2. The van der Waals surface area contributed by atoms with Gasteiger partial charge in [-0.2, -0.15) is 0 Å². The van der Waals surface area contributed by atoms with Crippen LogP contribution < -0.4 is 0 Å². The van der Waals surface area contributed by atoms with Crippen LogP contribution in [0.15, 0.2) is 23.5 Å². The number of ether oxygens (including phenoxy) is 1. The van der Waals surface area contributed by atoms with E-state index in [1.54, 1.807) is 0 Å². The van der Waals surface area contributed by atoms with Crippen LogP contribution in [0.1, 0.15) is 26.7 Å². The molecule has 2 atom stereocenters. The Morgan fingerprint density at radius 3 is 2.75 bits per heavy atom. The van der Waals surface area contributed by atoms with Crippen molar-refractivity contribution in [2.24, 2.45) is 11.3 Å². The molecule has 0 aromatic heterocycles. The van der Waals surface area contributed by atoms with E-state index in [0.29, 0.717) is 12.8 Å². The minimum Gasteiger partial charge on any atom is -0.493 e. The Kier molecular flexibility index (Phi) is 2.49. The van der Waals surface area contributed by atoms with Crippen molar-refractivity contribution in [2.75, 3.05) is 7.11 Å². The number of methoxy groups -OCH3 is 1. The van der Waals surface area contributed by atoms with E-state index in [1.165, 1.54) is 18.8 Å². The third kappa shape index (κ3) is 1.42. The highest BCUT2D eigenvalue weighted by Crippen LogP contribution is 2.45. The number of ketones is 2. The van der Waals surface area contributed by atoms with Crippen LogP contribution in [0.5, 0.6) is 0 Å². The van der Waals surface area contributed by atoms with E-state index in [9.17, 15) is 9.59 Å². The molecule has 0 N–H and O–H groups in total. The summed E-state index contributed by atoms with van der Waals surface area (Å²) >= 11 is 0. The van der Waals surface area contributed by atoms with Gasteiger partial charge in [0.25, 0.3) is 0 Å². The molecular weight excluding hydrogens is 204 g/mol. The van der Waals surface area contributed by atoms with Gasteiger partial charge in [-0.25, -0.2) is 0 Å². The van der Waals surface area contributed by atoms with Crippen LogP contribution >= 0.6 is 0 Å². The molecule has 2 aliphatic rings. The zero-order valence-corrected chi connectivity index (χ0v) is 9.87. The molecule has 2 aliphatic carbocycles. The molecule has 0 aliphatic heterocycles. The fraction of sp³-hybridized carbons (Fsp3) is 0.538. The van der Waals surface area contributed by atoms with Crippen LogP contribution in [-0.2, 0) is 14.3 Å². The highest BCUT2D eigenvalue weighted by atomic mass is 16.5. The van der Waals surface area contributed by atoms with Gasteiger partial charge in [0.15, 0.2) is 11.5 Å². The van der Waals surface area contributed by atoms with Crippen molar-refractivity contribution >= 4 is 11.6 Å². The summed E-state index contributed by atoms with van der Waals surface area (Å²) in [5, 5.41) is 0. The smallest absolute Gasteiger partial charge is 0.201 e. The molecule has 0 unspecified atom stereocenters. The van der Waals surface area contributed by atoms with Gasteiger partial charge in [-0.05, 0) is 19.8 Å². The molecule has 0 heterocycles. The Morgan fingerprint density at radius 1 is 1.44 bits per heavy atom. The summed E-state index contributed by atoms with van der Waals surface area (Å²) in [6, 6.07) is 0. The Labute approximate surface area is 95.2 Å². The zero-order chi connectivity index (χ0) is 11.9. The zero-order valence-electron chi connectivity index (χ0n) is 9.87. The van der Waals surface area contributed by atoms with E-state index in [2.05, 4.69) is 6.08 Å². The van der Waals surface area contributed by atoms with Gasteiger partial charge in [0.2, 0.25) is 5.78 Å². The van der Waals surface area contributed by atoms with Crippen LogP contribution in [0.4, 0.5) is 0 Å². The molecule has 2 rings (SSSR count). The highest BCUT2D eigenvalue weighted by Gasteiger charge is 2.49. The Morgan fingerprint density at radius 2 is 2.12 bits per heavy atom. The summed E-state index contributed by atoms with van der Waals surface area (Å²) in [7, 11) is 1.44. The second-order valence-corrected chi connectivity index (χ2v) is 4.87. The maximum absolute atomic E-state index is 12.1. The summed E-state index contributed by atoms with van der Waals surface area (Å²) < 4.78 is 4.97. The van der Waals surface area contributed by atoms with Crippen molar-refractivity contribution in [3.63, 3.8) is 0 Å². The molecule has 0 aromatic carbocycles. The second kappa shape index (κ2) is 3.58. The predicted octanol–water partition coefficient (Wildman–Crippen LogP) is 2.03. The quantitative estimate of drug-likeness (QED) is 0.635. The van der Waals surface area contributed by atoms with Gasteiger partial charge in [-0.1, -0.05) is 18.6 Å². The fourth-order valence-corrected chi connectivity index (χ4v) is 2.50. The molecule has 3 heteroatoms. The van der Waals surface area contributed by atoms with E-state index < -0.39 is 5.41 Å². The maximum atomic E-state index is 12.1. The number of allylic oxidation sites excluding steroid dienone is 4. The first-order valence-corrected chi connectivity index (χ1v) is 5.49. The Hall–Kier alpha value is -1.38. The fourth-order valence-electron chi connectivity index (χ4n) is 2.50. The third-order valence-corrected chi connectivity index (χ3v) is 3.77. The first-order valence-electron chi connectivity index (χ1n) is 5.49. The molecular formula is C13H16O3. The SMILES string of the molecule is COC1=CC(=O)[C@]2(C)CC=C(C)C[C@H]2C1=O. The van der Waals surface area contributed by atoms with Gasteiger partial charge in [0, 0.05) is 17.4 Å². The lowest BCUT2D eigenvalue weighted by atomic mass is 9.61. The molecule has 3 nitrogen and oxygen atoms in total. The van der Waals surface area contributed by atoms with Gasteiger partial charge >= 0.3 is 0 Å². The molecule has 16 heavy (non-hydrogen) atoms. The molecule has 0 bridgehead atoms. The number of hydrogen-bond acceptors (Lipinski definition) is 3. The van der Waals surface area contributed by atoms with E-state index in [1.807, 2.05) is 13.8 Å². The van der Waals surface area contributed by atoms with E-state index in [0.717, 1.165) is 0 Å². The van der Waals surface area contributed by atoms with E-state index in [-0.39, 0.29) is 23.2 Å². The van der Waals surface area contributed by atoms with E-state index in [4.69, 9.17) is 4.74 Å². The van der Waals surface area contributed by atoms with Crippen molar-refractivity contribution in [3.05, 3.63) is 23.5 Å². The summed E-state index contributed by atoms with van der Waals surface area (Å²) in [5.41, 5.74) is 0.625. The number of hydrogen-bond donors (Lipinski definition) is 0. The number of Topliss-reactive ketones (excluding diaryl/α,β-unsaturated/α-hetero) is 1. The molecule has 0 radical (unpaired) electrons. The second-order valence-electron chi connectivity index (χ2n) is 4.87. The van der Waals surface area contributed by atoms with E-state index >= 15 is 0 Å². The molecule has 0 saturated carbocycles. The summed E-state index contributed by atoms with van der Waals surface area (Å²) in [4.78, 5) is 24.1. The standard InChI is InChI=1S/C13H16O3/c1-8-4-5-13(2)9(6-8)12(15)10(16-3)7-11(13)14/h4,7,9H,5-6H2,1-3H3/t9-,13+/m0/s1. The van der Waals surface area contributed by atoms with Crippen molar-refractivity contribution in [2.45, 2.75) is 26.7 Å². The minimum atomic E-state index is -0.557. The number of fused-ring (bicyclic) bond motifs is 1. The van der Waals surface area contributed by atoms with Gasteiger partial charge < -0.3 is 4.74 Å². The molecule has 0 aromatic rings. The average Bonchev–Trinajstić information content (AvgIpc) is 2.26. The lowest BCUT2D eigenvalue weighted by molar-refractivity contribution is -0.138. The lowest BCUT2D eigenvalue weighted by Gasteiger charge is -2.40. The van der Waals surface area contributed by atoms with Crippen molar-refractivity contribution in [1.29, 1.82) is 0 Å². The van der Waals surface area contributed by atoms with Crippen molar-refractivity contribution < 1.29 is 14.3 Å². The summed E-state index contributed by atoms with van der Waals surface area (Å²) in [6.45, 7) is 3.88.